The number of hydrogen-bond acceptors (Lipinski definition) is 4. The molecule has 1 amide bonds. The third kappa shape index (κ3) is 5.29. The molecule has 1 aromatic carbocycles. The van der Waals surface area contributed by atoms with Crippen LogP contribution >= 0.6 is 0 Å². The molecule has 3 rings (SSSR count). The van der Waals surface area contributed by atoms with Gasteiger partial charge in [-0.15, -0.1) is 0 Å². The number of aromatic nitrogens is 1. The van der Waals surface area contributed by atoms with Gasteiger partial charge in [-0.05, 0) is 43.7 Å². The minimum Gasteiger partial charge on any atom is -0.489 e. The molecule has 0 saturated heterocycles. The van der Waals surface area contributed by atoms with Crippen molar-refractivity contribution in [2.45, 2.75) is 32.4 Å². The molecule has 132 valence electrons. The summed E-state index contributed by atoms with van der Waals surface area (Å²) in [6, 6.07) is 11.9. The molecular formula is C20H25N3O2. The highest BCUT2D eigenvalue weighted by atomic mass is 16.5. The molecular weight excluding hydrogens is 314 g/mol. The fourth-order valence-corrected chi connectivity index (χ4v) is 2.83. The van der Waals surface area contributed by atoms with Crippen molar-refractivity contribution in [3.05, 3.63) is 59.9 Å². The van der Waals surface area contributed by atoms with Crippen LogP contribution in [0.2, 0.25) is 0 Å². The summed E-state index contributed by atoms with van der Waals surface area (Å²) < 4.78 is 5.75. The highest BCUT2D eigenvalue weighted by molar-refractivity contribution is 5.94. The van der Waals surface area contributed by atoms with Gasteiger partial charge in [0.05, 0.1) is 0 Å². The van der Waals surface area contributed by atoms with E-state index in [4.69, 9.17) is 4.74 Å². The molecule has 0 bridgehead atoms. The van der Waals surface area contributed by atoms with E-state index >= 15 is 0 Å². The van der Waals surface area contributed by atoms with Gasteiger partial charge >= 0.3 is 0 Å². The van der Waals surface area contributed by atoms with Gasteiger partial charge in [0.15, 0.2) is 0 Å². The molecule has 1 heterocycles. The highest BCUT2D eigenvalue weighted by Crippen LogP contribution is 2.25. The molecule has 1 aromatic heterocycles. The smallest absolute Gasteiger partial charge is 0.251 e. The molecule has 25 heavy (non-hydrogen) atoms. The summed E-state index contributed by atoms with van der Waals surface area (Å²) in [5.41, 5.74) is 1.62. The molecule has 0 atom stereocenters. The van der Waals surface area contributed by atoms with E-state index in [1.807, 2.05) is 30.3 Å². The van der Waals surface area contributed by atoms with Crippen LogP contribution in [0.5, 0.6) is 5.75 Å². The van der Waals surface area contributed by atoms with Crippen LogP contribution in [0.3, 0.4) is 0 Å². The normalized spacial score (nSPS) is 13.7. The zero-order chi connectivity index (χ0) is 17.5. The summed E-state index contributed by atoms with van der Waals surface area (Å²) in [5, 5.41) is 3.00. The van der Waals surface area contributed by atoms with E-state index in [1.165, 1.54) is 12.8 Å². The Hall–Kier alpha value is -2.40. The van der Waals surface area contributed by atoms with Crippen molar-refractivity contribution >= 4 is 5.91 Å². The number of rotatable bonds is 9. The maximum Gasteiger partial charge on any atom is 0.251 e. The van der Waals surface area contributed by atoms with Crippen molar-refractivity contribution in [3.8, 4) is 5.75 Å². The first-order chi connectivity index (χ1) is 12.3. The Morgan fingerprint density at radius 1 is 1.32 bits per heavy atom. The molecule has 0 spiro atoms. The Bertz CT molecular complexity index is 686. The van der Waals surface area contributed by atoms with Crippen molar-refractivity contribution in [3.63, 3.8) is 0 Å². The van der Waals surface area contributed by atoms with E-state index in [9.17, 15) is 4.79 Å². The lowest BCUT2D eigenvalue weighted by Crippen LogP contribution is -2.36. The third-order valence-corrected chi connectivity index (χ3v) is 4.38. The number of hydrogen-bond donors (Lipinski definition) is 1. The number of carbonyl (C=O) groups is 1. The second kappa shape index (κ2) is 8.62. The maximum absolute atomic E-state index is 12.3. The van der Waals surface area contributed by atoms with Gasteiger partial charge in [-0.25, -0.2) is 0 Å². The lowest BCUT2D eigenvalue weighted by molar-refractivity contribution is 0.0947. The molecule has 0 radical (unpaired) electrons. The van der Waals surface area contributed by atoms with E-state index < -0.39 is 0 Å². The largest absolute Gasteiger partial charge is 0.489 e. The van der Waals surface area contributed by atoms with Gasteiger partial charge in [-0.3, -0.25) is 14.7 Å². The molecule has 1 saturated carbocycles. The second-order valence-electron chi connectivity index (χ2n) is 6.29. The highest BCUT2D eigenvalue weighted by Gasteiger charge is 2.27. The topological polar surface area (TPSA) is 54.5 Å². The fourth-order valence-electron chi connectivity index (χ4n) is 2.83. The maximum atomic E-state index is 12.3. The predicted octanol–water partition coefficient (Wildman–Crippen LogP) is 2.87. The van der Waals surface area contributed by atoms with Crippen molar-refractivity contribution in [2.24, 2.45) is 0 Å². The van der Waals surface area contributed by atoms with Gasteiger partial charge in [0.1, 0.15) is 12.4 Å². The van der Waals surface area contributed by atoms with Crippen LogP contribution in [0.15, 0.2) is 48.8 Å². The molecule has 1 aliphatic rings. The molecule has 2 aromatic rings. The lowest BCUT2D eigenvalue weighted by atomic mass is 10.2. The molecule has 0 unspecified atom stereocenters. The average Bonchev–Trinajstić information content (AvgIpc) is 3.49. The molecule has 5 nitrogen and oxygen atoms in total. The average molecular weight is 339 g/mol. The minimum absolute atomic E-state index is 0.0568. The van der Waals surface area contributed by atoms with Crippen LogP contribution in [0, 0.1) is 0 Å². The van der Waals surface area contributed by atoms with E-state index in [1.54, 1.807) is 18.5 Å². The monoisotopic (exact) mass is 339 g/mol. The van der Waals surface area contributed by atoms with Gasteiger partial charge in [0.2, 0.25) is 0 Å². The van der Waals surface area contributed by atoms with E-state index in [0.29, 0.717) is 24.5 Å². The Kier molecular flexibility index (Phi) is 6.01. The minimum atomic E-state index is -0.0568. The summed E-state index contributed by atoms with van der Waals surface area (Å²) in [7, 11) is 0. The molecule has 5 heteroatoms. The zero-order valence-corrected chi connectivity index (χ0v) is 14.6. The van der Waals surface area contributed by atoms with Crippen LogP contribution in [0.1, 0.15) is 35.7 Å². The first kappa shape index (κ1) is 17.4. The number of carbonyl (C=O) groups excluding carboxylic acids is 1. The Labute approximate surface area is 149 Å². The van der Waals surface area contributed by atoms with Crippen LogP contribution in [-0.4, -0.2) is 41.5 Å². The summed E-state index contributed by atoms with van der Waals surface area (Å²) in [5.74, 6) is 0.628. The van der Waals surface area contributed by atoms with Gasteiger partial charge < -0.3 is 10.1 Å². The number of ether oxygens (including phenoxy) is 1. The number of pyridine rings is 1. The first-order valence-corrected chi connectivity index (χ1v) is 8.90. The second-order valence-corrected chi connectivity index (χ2v) is 6.29. The Morgan fingerprint density at radius 3 is 2.92 bits per heavy atom. The van der Waals surface area contributed by atoms with Gasteiger partial charge in [0, 0.05) is 42.7 Å². The van der Waals surface area contributed by atoms with Gasteiger partial charge in [0.25, 0.3) is 5.91 Å². The Balaban J connectivity index is 1.49. The van der Waals surface area contributed by atoms with Gasteiger partial charge in [-0.2, -0.15) is 0 Å². The van der Waals surface area contributed by atoms with Crippen LogP contribution in [0.4, 0.5) is 0 Å². The SMILES string of the molecule is CCN(CCNC(=O)c1cccc(OCc2cccnc2)c1)C1CC1. The molecule has 1 fully saturated rings. The lowest BCUT2D eigenvalue weighted by Gasteiger charge is -2.19. The number of nitrogens with zero attached hydrogens (tertiary/aromatic N) is 2. The van der Waals surface area contributed by atoms with E-state index in [-0.39, 0.29) is 5.91 Å². The van der Waals surface area contributed by atoms with Crippen molar-refractivity contribution < 1.29 is 9.53 Å². The molecule has 1 aliphatic carbocycles. The van der Waals surface area contributed by atoms with Crippen LogP contribution in [-0.2, 0) is 6.61 Å². The zero-order valence-electron chi connectivity index (χ0n) is 14.6. The number of benzene rings is 1. The number of nitrogens with one attached hydrogen (secondary N) is 1. The number of amides is 1. The quantitative estimate of drug-likeness (QED) is 0.763. The summed E-state index contributed by atoms with van der Waals surface area (Å²) in [4.78, 5) is 18.8. The first-order valence-electron chi connectivity index (χ1n) is 8.90. The fraction of sp³-hybridized carbons (Fsp3) is 0.400. The van der Waals surface area contributed by atoms with Gasteiger partial charge in [-0.1, -0.05) is 19.1 Å². The van der Waals surface area contributed by atoms with Crippen molar-refractivity contribution in [1.82, 2.24) is 15.2 Å². The summed E-state index contributed by atoms with van der Waals surface area (Å²) >= 11 is 0. The van der Waals surface area contributed by atoms with Crippen LogP contribution < -0.4 is 10.1 Å². The molecule has 1 N–H and O–H groups in total. The Morgan fingerprint density at radius 2 is 2.20 bits per heavy atom. The van der Waals surface area contributed by atoms with E-state index in [2.05, 4.69) is 22.1 Å². The van der Waals surface area contributed by atoms with Crippen molar-refractivity contribution in [1.29, 1.82) is 0 Å². The summed E-state index contributed by atoms with van der Waals surface area (Å²) in [6.45, 7) is 5.22. The van der Waals surface area contributed by atoms with E-state index in [0.717, 1.165) is 24.7 Å². The predicted molar refractivity (Wildman–Crippen MR) is 97.6 cm³/mol. The van der Waals surface area contributed by atoms with Crippen molar-refractivity contribution in [2.75, 3.05) is 19.6 Å². The molecule has 0 aliphatic heterocycles. The number of likely N-dealkylation sites (N-methyl/N-ethyl adjacent to an activating group) is 1. The summed E-state index contributed by atoms with van der Waals surface area (Å²) in [6.07, 6.45) is 6.09. The standard InChI is InChI=1S/C20H25N3O2/c1-2-23(18-8-9-18)12-11-22-20(24)17-6-3-7-19(13-17)25-15-16-5-4-10-21-14-16/h3-7,10,13-14,18H,2,8-9,11-12,15H2,1H3,(H,22,24). The van der Waals surface area contributed by atoms with Crippen LogP contribution in [0.25, 0.3) is 0 Å². The third-order valence-electron chi connectivity index (χ3n) is 4.38.